The summed E-state index contributed by atoms with van der Waals surface area (Å²) >= 11 is 0. The number of ether oxygens (including phenoxy) is 1. The zero-order valence-electron chi connectivity index (χ0n) is 19.0. The average molecular weight is 443 g/mol. The van der Waals surface area contributed by atoms with E-state index in [1.54, 1.807) is 6.92 Å². The second-order valence-electron chi connectivity index (χ2n) is 8.36. The lowest BCUT2D eigenvalue weighted by Gasteiger charge is -2.40. The quantitative estimate of drug-likeness (QED) is 0.206. The predicted molar refractivity (Wildman–Crippen MR) is 119 cm³/mol. The van der Waals surface area contributed by atoms with Gasteiger partial charge in [-0.3, -0.25) is 9.59 Å². The summed E-state index contributed by atoms with van der Waals surface area (Å²) in [5, 5.41) is 10.3. The van der Waals surface area contributed by atoms with Crippen molar-refractivity contribution < 1.29 is 24.2 Å². The van der Waals surface area contributed by atoms with Crippen molar-refractivity contribution >= 4 is 17.8 Å². The number of hydrogen-bond acceptors (Lipinski definition) is 7. The van der Waals surface area contributed by atoms with Crippen LogP contribution < -0.4 is 17.2 Å². The highest BCUT2D eigenvalue weighted by Crippen LogP contribution is 2.40. The van der Waals surface area contributed by atoms with E-state index in [1.165, 1.54) is 4.90 Å². The number of likely N-dealkylation sites (tertiary alicyclic amines) is 1. The van der Waals surface area contributed by atoms with Crippen molar-refractivity contribution in [1.82, 2.24) is 4.90 Å². The summed E-state index contributed by atoms with van der Waals surface area (Å²) in [5.74, 6) is -3.03. The molecule has 3 atom stereocenters. The van der Waals surface area contributed by atoms with E-state index >= 15 is 0 Å². The van der Waals surface area contributed by atoms with Gasteiger partial charge in [-0.1, -0.05) is 32.1 Å². The summed E-state index contributed by atoms with van der Waals surface area (Å²) in [7, 11) is 0. The molecule has 0 radical (unpaired) electrons. The molecule has 0 aromatic heterocycles. The number of carboxylic acids is 1. The molecule has 1 heterocycles. The third-order valence-corrected chi connectivity index (χ3v) is 6.19. The van der Waals surface area contributed by atoms with E-state index in [9.17, 15) is 19.5 Å². The molecule has 0 unspecified atom stereocenters. The van der Waals surface area contributed by atoms with Gasteiger partial charge in [0, 0.05) is 6.54 Å². The lowest BCUT2D eigenvalue weighted by atomic mass is 9.77. The Morgan fingerprint density at radius 3 is 2.19 bits per heavy atom. The molecule has 1 aliphatic heterocycles. The molecule has 1 amide bonds. The number of carbonyl (C=O) groups is 3. The monoisotopic (exact) mass is 442 g/mol. The molecule has 1 saturated heterocycles. The molecule has 0 bridgehead atoms. The number of esters is 1. The maximum Gasteiger partial charge on any atom is 0.330 e. The Morgan fingerprint density at radius 2 is 1.58 bits per heavy atom. The lowest BCUT2D eigenvalue weighted by molar-refractivity contribution is -0.171. The Hall–Kier alpha value is -1.71. The Kier molecular flexibility index (Phi) is 12.7. The zero-order chi connectivity index (χ0) is 23.3. The Balaban J connectivity index is 3.04. The molecular formula is C22H42N4O5. The standard InChI is InChI=1S/C22H42N4O5/c1-2-31-20(28)17(11-6-4-3-5-8-14-23)22(21(29)30)13-10-16-26(22)19(27)18(25)12-7-9-15-24/h17-18H,2-16,23-25H2,1H3,(H,29,30)/t17-,18+,22-/m1/s1. The minimum atomic E-state index is -1.61. The number of unbranched alkanes of at least 4 members (excludes halogenated alkanes) is 5. The number of hydrogen-bond donors (Lipinski definition) is 4. The predicted octanol–water partition coefficient (Wildman–Crippen LogP) is 1.37. The topological polar surface area (TPSA) is 162 Å². The Bertz CT molecular complexity index is 574. The van der Waals surface area contributed by atoms with Crippen LogP contribution >= 0.6 is 0 Å². The van der Waals surface area contributed by atoms with Crippen LogP contribution in [0.15, 0.2) is 0 Å². The SMILES string of the molecule is CCOC(=O)[C@@H](CCCCCCCN)[C@@]1(C(=O)O)CCCN1C(=O)[C@@H](N)CCCCN. The fourth-order valence-electron chi connectivity index (χ4n) is 4.53. The van der Waals surface area contributed by atoms with Crippen LogP contribution in [0.2, 0.25) is 0 Å². The van der Waals surface area contributed by atoms with Gasteiger partial charge in [-0.15, -0.1) is 0 Å². The van der Waals surface area contributed by atoms with E-state index in [0.717, 1.165) is 32.1 Å². The minimum absolute atomic E-state index is 0.161. The molecule has 0 aromatic carbocycles. The van der Waals surface area contributed by atoms with Crippen molar-refractivity contribution in [3.05, 3.63) is 0 Å². The first-order valence-electron chi connectivity index (χ1n) is 11.7. The third-order valence-electron chi connectivity index (χ3n) is 6.19. The van der Waals surface area contributed by atoms with Crippen LogP contribution in [0.25, 0.3) is 0 Å². The zero-order valence-corrected chi connectivity index (χ0v) is 19.0. The van der Waals surface area contributed by atoms with Crippen LogP contribution in [-0.4, -0.2) is 65.7 Å². The number of carbonyl (C=O) groups excluding carboxylic acids is 2. The minimum Gasteiger partial charge on any atom is -0.479 e. The number of aliphatic carboxylic acids is 1. The van der Waals surface area contributed by atoms with Gasteiger partial charge in [0.05, 0.1) is 18.6 Å². The molecule has 1 aliphatic rings. The fraction of sp³-hybridized carbons (Fsp3) is 0.864. The highest BCUT2D eigenvalue weighted by Gasteiger charge is 2.58. The van der Waals surface area contributed by atoms with E-state index in [-0.39, 0.29) is 19.6 Å². The maximum absolute atomic E-state index is 13.1. The molecule has 1 rings (SSSR count). The number of amides is 1. The van der Waals surface area contributed by atoms with Gasteiger partial charge in [-0.05, 0) is 58.5 Å². The van der Waals surface area contributed by atoms with Gasteiger partial charge >= 0.3 is 11.9 Å². The van der Waals surface area contributed by atoms with Crippen molar-refractivity contribution in [2.24, 2.45) is 23.1 Å². The summed E-state index contributed by atoms with van der Waals surface area (Å²) in [6.07, 6.45) is 7.47. The van der Waals surface area contributed by atoms with E-state index < -0.39 is 35.3 Å². The molecule has 0 spiro atoms. The third kappa shape index (κ3) is 7.43. The number of rotatable bonds is 16. The first-order valence-corrected chi connectivity index (χ1v) is 11.7. The molecule has 180 valence electrons. The van der Waals surface area contributed by atoms with E-state index in [1.807, 2.05) is 0 Å². The molecular weight excluding hydrogens is 400 g/mol. The van der Waals surface area contributed by atoms with Crippen LogP contribution in [0.3, 0.4) is 0 Å². The van der Waals surface area contributed by atoms with E-state index in [2.05, 4.69) is 0 Å². The van der Waals surface area contributed by atoms with Crippen molar-refractivity contribution in [1.29, 1.82) is 0 Å². The van der Waals surface area contributed by atoms with Gasteiger partial charge in [-0.25, -0.2) is 4.79 Å². The van der Waals surface area contributed by atoms with Crippen molar-refractivity contribution in [3.63, 3.8) is 0 Å². The van der Waals surface area contributed by atoms with Crippen molar-refractivity contribution in [2.45, 2.75) is 89.1 Å². The van der Waals surface area contributed by atoms with Gasteiger partial charge in [0.25, 0.3) is 0 Å². The normalized spacial score (nSPS) is 20.5. The van der Waals surface area contributed by atoms with E-state index in [4.69, 9.17) is 21.9 Å². The molecule has 31 heavy (non-hydrogen) atoms. The molecule has 0 aromatic rings. The highest BCUT2D eigenvalue weighted by molar-refractivity contribution is 5.94. The molecule has 9 heteroatoms. The number of nitrogens with zero attached hydrogens (tertiary/aromatic N) is 1. The highest BCUT2D eigenvalue weighted by atomic mass is 16.5. The van der Waals surface area contributed by atoms with Crippen LogP contribution in [0.5, 0.6) is 0 Å². The number of nitrogens with two attached hydrogens (primary N) is 3. The van der Waals surface area contributed by atoms with Crippen LogP contribution in [0.4, 0.5) is 0 Å². The van der Waals surface area contributed by atoms with E-state index in [0.29, 0.717) is 45.2 Å². The Morgan fingerprint density at radius 1 is 1.00 bits per heavy atom. The van der Waals surface area contributed by atoms with Gasteiger partial charge in [0.2, 0.25) is 5.91 Å². The smallest absolute Gasteiger partial charge is 0.330 e. The summed E-state index contributed by atoms with van der Waals surface area (Å²) < 4.78 is 5.25. The van der Waals surface area contributed by atoms with Crippen molar-refractivity contribution in [3.8, 4) is 0 Å². The second-order valence-corrected chi connectivity index (χ2v) is 8.36. The van der Waals surface area contributed by atoms with Crippen LogP contribution in [0.1, 0.15) is 77.6 Å². The molecule has 1 fully saturated rings. The van der Waals surface area contributed by atoms with Gasteiger partial charge < -0.3 is 31.9 Å². The molecule has 0 saturated carbocycles. The van der Waals surface area contributed by atoms with Crippen LogP contribution in [0, 0.1) is 5.92 Å². The summed E-state index contributed by atoms with van der Waals surface area (Å²) in [5.41, 5.74) is 15.5. The molecule has 9 nitrogen and oxygen atoms in total. The first kappa shape index (κ1) is 27.3. The van der Waals surface area contributed by atoms with Crippen molar-refractivity contribution in [2.75, 3.05) is 26.2 Å². The Labute approximate surface area is 186 Å². The van der Waals surface area contributed by atoms with Gasteiger partial charge in [0.15, 0.2) is 5.54 Å². The molecule has 0 aliphatic carbocycles. The second kappa shape index (κ2) is 14.4. The molecule has 7 N–H and O–H groups in total. The van der Waals surface area contributed by atoms with Gasteiger partial charge in [-0.2, -0.15) is 0 Å². The maximum atomic E-state index is 13.1. The summed E-state index contributed by atoms with van der Waals surface area (Å²) in [4.78, 5) is 39.9. The van der Waals surface area contributed by atoms with Gasteiger partial charge in [0.1, 0.15) is 0 Å². The number of carboxylic acid groups (broad SMARTS) is 1. The average Bonchev–Trinajstić information content (AvgIpc) is 3.18. The summed E-state index contributed by atoms with van der Waals surface area (Å²) in [6, 6.07) is -0.803. The lowest BCUT2D eigenvalue weighted by Crippen LogP contribution is -2.62. The largest absolute Gasteiger partial charge is 0.479 e. The fourth-order valence-corrected chi connectivity index (χ4v) is 4.53. The first-order chi connectivity index (χ1) is 14.9. The van der Waals surface area contributed by atoms with Crippen LogP contribution in [-0.2, 0) is 19.1 Å². The summed E-state index contributed by atoms with van der Waals surface area (Å²) in [6.45, 7) is 3.30.